The van der Waals surface area contributed by atoms with Gasteiger partial charge in [-0.3, -0.25) is 0 Å². The van der Waals surface area contributed by atoms with Gasteiger partial charge in [-0.2, -0.15) is 5.26 Å². The Kier molecular flexibility index (Phi) is 30.9. The molecule has 0 spiro atoms. The van der Waals surface area contributed by atoms with Crippen LogP contribution in [-0.2, 0) is 0 Å². The first-order valence-corrected chi connectivity index (χ1v) is 2.28. The van der Waals surface area contributed by atoms with Gasteiger partial charge in [-0.15, -0.1) is 17.0 Å². The van der Waals surface area contributed by atoms with Crippen molar-refractivity contribution in [2.45, 2.75) is 26.2 Å². The van der Waals surface area contributed by atoms with E-state index in [1.54, 1.807) is 0 Å². The minimum absolute atomic E-state index is 0. The molecule has 0 aromatic heterocycles. The molecule has 0 rings (SSSR count). The molecule has 2 N–H and O–H groups in total. The number of nitrogens with zero attached hydrogens (tertiary/aromatic N) is 1. The summed E-state index contributed by atoms with van der Waals surface area (Å²) in [5.74, 6) is 0. The summed E-state index contributed by atoms with van der Waals surface area (Å²) in [6.07, 6.45) is 2.90. The van der Waals surface area contributed by atoms with Gasteiger partial charge in [0.2, 0.25) is 0 Å². The summed E-state index contributed by atoms with van der Waals surface area (Å²) >= 11 is 0. The first-order chi connectivity index (χ1) is 2.91. The average Bonchev–Trinajstić information content (AvgIpc) is 1.61. The fourth-order valence-corrected chi connectivity index (χ4v) is 0.256. The molecule has 0 aliphatic carbocycles. The van der Waals surface area contributed by atoms with E-state index in [4.69, 9.17) is 5.26 Å². The van der Waals surface area contributed by atoms with Crippen LogP contribution in [0.3, 0.4) is 0 Å². The van der Waals surface area contributed by atoms with Gasteiger partial charge in [-0.05, 0) is 6.42 Å². The van der Waals surface area contributed by atoms with Gasteiger partial charge >= 0.3 is 0 Å². The molecule has 0 aliphatic rings. The molecule has 0 aromatic rings. The lowest BCUT2D eigenvalue weighted by molar-refractivity contribution is 0.822. The third kappa shape index (κ3) is 16.8. The third-order valence-electron chi connectivity index (χ3n) is 0.642. The molecule has 0 saturated heterocycles. The zero-order valence-electron chi connectivity index (χ0n) is 4.98. The Balaban J connectivity index is -0.000000125. The van der Waals surface area contributed by atoms with Crippen LogP contribution in [-0.4, -0.2) is 5.48 Å². The van der Waals surface area contributed by atoms with E-state index < -0.39 is 0 Å². The summed E-state index contributed by atoms with van der Waals surface area (Å²) in [7, 11) is 0. The molecule has 0 atom stereocenters. The molecule has 0 bridgehead atoms. The molecular weight excluding hydrogens is 170 g/mol. The van der Waals surface area contributed by atoms with Crippen molar-refractivity contribution in [1.29, 1.82) is 5.26 Å². The first kappa shape index (κ1) is 15.7. The maximum atomic E-state index is 7.95. The van der Waals surface area contributed by atoms with Crippen LogP contribution in [0, 0.1) is 11.3 Å². The number of hydrogen-bond donors (Lipinski definition) is 0. The van der Waals surface area contributed by atoms with Crippen LogP contribution in [0.4, 0.5) is 0 Å². The van der Waals surface area contributed by atoms with E-state index in [9.17, 15) is 0 Å². The van der Waals surface area contributed by atoms with Crippen molar-refractivity contribution in [3.63, 3.8) is 0 Å². The Hall–Kier alpha value is -0.0700. The van der Waals surface area contributed by atoms with Crippen LogP contribution < -0.4 is 0 Å². The maximum Gasteiger partial charge on any atom is 0.0621 e. The van der Waals surface area contributed by atoms with Gasteiger partial charge in [0, 0.05) is 6.42 Å². The van der Waals surface area contributed by atoms with Crippen LogP contribution >= 0.6 is 17.0 Å². The highest BCUT2D eigenvalue weighted by Gasteiger charge is 1.74. The van der Waals surface area contributed by atoms with Gasteiger partial charge in [-0.1, -0.05) is 13.3 Å². The van der Waals surface area contributed by atoms with Crippen molar-refractivity contribution >= 4 is 17.0 Å². The van der Waals surface area contributed by atoms with E-state index in [1.807, 2.05) is 0 Å². The summed E-state index contributed by atoms with van der Waals surface area (Å²) in [6.45, 7) is 2.08. The molecule has 3 heteroatoms. The topological polar surface area (TPSA) is 55.3 Å². The summed E-state index contributed by atoms with van der Waals surface area (Å²) in [4.78, 5) is 0. The Morgan fingerprint density at radius 3 is 2.12 bits per heavy atom. The minimum Gasteiger partial charge on any atom is -0.412 e. The van der Waals surface area contributed by atoms with Gasteiger partial charge in [0.05, 0.1) is 6.07 Å². The number of unbranched alkanes of at least 4 members (excludes halogenated alkanes) is 2. The molecule has 0 saturated carbocycles. The van der Waals surface area contributed by atoms with Gasteiger partial charge in [0.25, 0.3) is 0 Å². The van der Waals surface area contributed by atoms with Crippen molar-refractivity contribution in [3.05, 3.63) is 0 Å². The Morgan fingerprint density at radius 2 is 2.00 bits per heavy atom. The molecule has 0 fully saturated rings. The van der Waals surface area contributed by atoms with E-state index >= 15 is 0 Å². The molecule has 0 aromatic carbocycles. The molecule has 2 nitrogen and oxygen atoms in total. The quantitative estimate of drug-likeness (QED) is 0.596. The minimum atomic E-state index is 0. The average molecular weight is 182 g/mol. The number of rotatable bonds is 2. The lowest BCUT2D eigenvalue weighted by Crippen LogP contribution is -1.62. The van der Waals surface area contributed by atoms with Crippen LogP contribution in [0.1, 0.15) is 26.2 Å². The van der Waals surface area contributed by atoms with Gasteiger partial charge < -0.3 is 5.48 Å². The lowest BCUT2D eigenvalue weighted by Gasteiger charge is -1.77. The van der Waals surface area contributed by atoms with Crippen LogP contribution in [0.25, 0.3) is 0 Å². The van der Waals surface area contributed by atoms with Crippen molar-refractivity contribution in [2.75, 3.05) is 0 Å². The van der Waals surface area contributed by atoms with E-state index in [0.717, 1.165) is 19.3 Å². The SMILES string of the molecule is Br.CCCCC#N.O. The summed E-state index contributed by atoms with van der Waals surface area (Å²) in [5, 5.41) is 7.95. The zero-order chi connectivity index (χ0) is 4.83. The highest BCUT2D eigenvalue weighted by Crippen LogP contribution is 1.88. The molecule has 0 radical (unpaired) electrons. The Morgan fingerprint density at radius 1 is 1.50 bits per heavy atom. The second-order valence-corrected chi connectivity index (χ2v) is 1.26. The molecule has 0 amide bonds. The van der Waals surface area contributed by atoms with E-state index in [0.29, 0.717) is 0 Å². The van der Waals surface area contributed by atoms with Crippen LogP contribution in [0.15, 0.2) is 0 Å². The second-order valence-electron chi connectivity index (χ2n) is 1.26. The molecule has 0 heterocycles. The molecule has 0 unspecified atom stereocenters. The summed E-state index contributed by atoms with van der Waals surface area (Å²) in [6, 6.07) is 2.07. The fraction of sp³-hybridized carbons (Fsp3) is 0.800. The zero-order valence-corrected chi connectivity index (χ0v) is 6.69. The summed E-state index contributed by atoms with van der Waals surface area (Å²) < 4.78 is 0. The van der Waals surface area contributed by atoms with Crippen molar-refractivity contribution in [1.82, 2.24) is 0 Å². The third-order valence-corrected chi connectivity index (χ3v) is 0.642. The highest BCUT2D eigenvalue weighted by atomic mass is 79.9. The van der Waals surface area contributed by atoms with Crippen molar-refractivity contribution < 1.29 is 5.48 Å². The molecule has 8 heavy (non-hydrogen) atoms. The molecular formula is C5H12BrNO. The normalized spacial score (nSPS) is 5.50. The van der Waals surface area contributed by atoms with Crippen LogP contribution in [0.5, 0.6) is 0 Å². The Labute approximate surface area is 60.6 Å². The Bertz CT molecular complexity index is 59.9. The maximum absolute atomic E-state index is 7.95. The molecule has 50 valence electrons. The standard InChI is InChI=1S/C5H9N.BrH.H2O/c1-2-3-4-5-6;;/h2-4H2,1H3;1H;1H2. The number of nitriles is 1. The largest absolute Gasteiger partial charge is 0.412 e. The van der Waals surface area contributed by atoms with Gasteiger partial charge in [0.1, 0.15) is 0 Å². The highest BCUT2D eigenvalue weighted by molar-refractivity contribution is 8.93. The van der Waals surface area contributed by atoms with Crippen molar-refractivity contribution in [2.24, 2.45) is 0 Å². The second kappa shape index (κ2) is 15.8. The van der Waals surface area contributed by atoms with Crippen LogP contribution in [0.2, 0.25) is 0 Å². The lowest BCUT2D eigenvalue weighted by atomic mass is 10.3. The predicted octanol–water partition coefficient (Wildman–Crippen LogP) is 1.45. The first-order valence-electron chi connectivity index (χ1n) is 2.28. The predicted molar refractivity (Wildman–Crippen MR) is 39.1 cm³/mol. The van der Waals surface area contributed by atoms with Gasteiger partial charge in [0.15, 0.2) is 0 Å². The molecule has 0 aliphatic heterocycles. The monoisotopic (exact) mass is 181 g/mol. The van der Waals surface area contributed by atoms with E-state index in [2.05, 4.69) is 13.0 Å². The van der Waals surface area contributed by atoms with Gasteiger partial charge in [-0.25, -0.2) is 0 Å². The summed E-state index contributed by atoms with van der Waals surface area (Å²) in [5.41, 5.74) is 0. The van der Waals surface area contributed by atoms with E-state index in [-0.39, 0.29) is 22.5 Å². The number of hydrogen-bond acceptors (Lipinski definition) is 1. The smallest absolute Gasteiger partial charge is 0.0621 e. The van der Waals surface area contributed by atoms with E-state index in [1.165, 1.54) is 0 Å². The number of halogens is 1. The van der Waals surface area contributed by atoms with Crippen molar-refractivity contribution in [3.8, 4) is 6.07 Å². The fourth-order valence-electron chi connectivity index (χ4n) is 0.256.